The summed E-state index contributed by atoms with van der Waals surface area (Å²) in [4.78, 5) is 11.5. The molecular weight excluding hydrogens is 352 g/mol. The van der Waals surface area contributed by atoms with Crippen molar-refractivity contribution >= 4 is 44.5 Å². The second kappa shape index (κ2) is 5.54. The van der Waals surface area contributed by atoms with Crippen molar-refractivity contribution in [2.75, 3.05) is 0 Å². The van der Waals surface area contributed by atoms with Crippen LogP contribution in [-0.2, 0) is 0 Å². The molecule has 0 saturated heterocycles. The minimum absolute atomic E-state index is 0.0953. The Kier molecular flexibility index (Phi) is 3.73. The van der Waals surface area contributed by atoms with Gasteiger partial charge in [-0.05, 0) is 58.6 Å². The van der Waals surface area contributed by atoms with Crippen LogP contribution >= 0.6 is 27.9 Å². The van der Waals surface area contributed by atoms with Crippen molar-refractivity contribution in [1.29, 1.82) is 0 Å². The van der Waals surface area contributed by atoms with Crippen LogP contribution in [0.5, 0.6) is 0 Å². The van der Waals surface area contributed by atoms with Gasteiger partial charge in [-0.1, -0.05) is 24.3 Å². The van der Waals surface area contributed by atoms with E-state index in [1.165, 1.54) is 11.9 Å². The fourth-order valence-corrected chi connectivity index (χ4v) is 3.97. The number of nitrogens with zero attached hydrogens (tertiary/aromatic N) is 2. The van der Waals surface area contributed by atoms with Crippen molar-refractivity contribution in [1.82, 2.24) is 3.97 Å². The van der Waals surface area contributed by atoms with Crippen LogP contribution in [0.25, 0.3) is 10.9 Å². The maximum atomic E-state index is 11.3. The molecule has 0 radical (unpaired) electrons. The van der Waals surface area contributed by atoms with Gasteiger partial charge in [0, 0.05) is 11.6 Å². The van der Waals surface area contributed by atoms with Crippen LogP contribution in [-0.4, -0.2) is 8.90 Å². The molecule has 0 amide bonds. The SMILES string of the molecule is Cc1cn(Sc2cccc(Br)c2[N+](=O)[O-])c2ccccc12. The molecule has 21 heavy (non-hydrogen) atoms. The van der Waals surface area contributed by atoms with E-state index in [0.29, 0.717) is 9.37 Å². The van der Waals surface area contributed by atoms with E-state index in [1.54, 1.807) is 18.2 Å². The number of aryl methyl sites for hydroxylation is 1. The van der Waals surface area contributed by atoms with Gasteiger partial charge in [0.2, 0.25) is 0 Å². The largest absolute Gasteiger partial charge is 0.298 e. The Morgan fingerprint density at radius 2 is 1.95 bits per heavy atom. The molecule has 3 aromatic rings. The summed E-state index contributed by atoms with van der Waals surface area (Å²) < 4.78 is 2.46. The lowest BCUT2D eigenvalue weighted by molar-refractivity contribution is -0.388. The smallest absolute Gasteiger partial charge is 0.287 e. The summed E-state index contributed by atoms with van der Waals surface area (Å²) in [5.41, 5.74) is 2.29. The maximum Gasteiger partial charge on any atom is 0.298 e. The average Bonchev–Trinajstić information content (AvgIpc) is 2.76. The minimum Gasteiger partial charge on any atom is -0.287 e. The summed E-state index contributed by atoms with van der Waals surface area (Å²) in [5.74, 6) is 0. The molecule has 0 fully saturated rings. The van der Waals surface area contributed by atoms with Gasteiger partial charge in [0.25, 0.3) is 5.69 Å². The fourth-order valence-electron chi connectivity index (χ4n) is 2.24. The molecule has 6 heteroatoms. The molecule has 0 atom stereocenters. The second-order valence-corrected chi connectivity index (χ2v) is 6.46. The van der Waals surface area contributed by atoms with E-state index in [2.05, 4.69) is 22.0 Å². The normalized spacial score (nSPS) is 11.0. The zero-order chi connectivity index (χ0) is 15.0. The van der Waals surface area contributed by atoms with E-state index in [-0.39, 0.29) is 10.6 Å². The van der Waals surface area contributed by atoms with Crippen molar-refractivity contribution in [3.8, 4) is 0 Å². The van der Waals surface area contributed by atoms with Crippen LogP contribution in [0.4, 0.5) is 5.69 Å². The number of nitro groups is 1. The van der Waals surface area contributed by atoms with Gasteiger partial charge < -0.3 is 0 Å². The quantitative estimate of drug-likeness (QED) is 0.476. The van der Waals surface area contributed by atoms with Crippen LogP contribution in [0.2, 0.25) is 0 Å². The first kappa shape index (κ1) is 14.2. The van der Waals surface area contributed by atoms with Gasteiger partial charge in [-0.15, -0.1) is 0 Å². The van der Waals surface area contributed by atoms with Crippen molar-refractivity contribution in [3.63, 3.8) is 0 Å². The average molecular weight is 363 g/mol. The third kappa shape index (κ3) is 2.56. The molecule has 0 aliphatic heterocycles. The number of fused-ring (bicyclic) bond motifs is 1. The van der Waals surface area contributed by atoms with Gasteiger partial charge in [0.1, 0.15) is 4.90 Å². The molecule has 2 aromatic carbocycles. The highest BCUT2D eigenvalue weighted by Crippen LogP contribution is 2.38. The number of aromatic nitrogens is 1. The van der Waals surface area contributed by atoms with Gasteiger partial charge in [-0.2, -0.15) is 0 Å². The third-order valence-electron chi connectivity index (χ3n) is 3.21. The Morgan fingerprint density at radius 3 is 2.71 bits per heavy atom. The van der Waals surface area contributed by atoms with Gasteiger partial charge >= 0.3 is 0 Å². The number of rotatable bonds is 3. The lowest BCUT2D eigenvalue weighted by Gasteiger charge is -2.06. The molecule has 106 valence electrons. The zero-order valence-corrected chi connectivity index (χ0v) is 13.5. The first-order chi connectivity index (χ1) is 10.1. The molecule has 0 saturated carbocycles. The number of nitro benzene ring substituents is 1. The van der Waals surface area contributed by atoms with Crippen molar-refractivity contribution in [2.45, 2.75) is 11.8 Å². The van der Waals surface area contributed by atoms with Gasteiger partial charge in [-0.25, -0.2) is 0 Å². The lowest BCUT2D eigenvalue weighted by atomic mass is 10.2. The van der Waals surface area contributed by atoms with Gasteiger partial charge in [-0.3, -0.25) is 14.1 Å². The Balaban J connectivity index is 2.12. The highest BCUT2D eigenvalue weighted by Gasteiger charge is 2.19. The summed E-state index contributed by atoms with van der Waals surface area (Å²) in [5, 5.41) is 12.4. The summed E-state index contributed by atoms with van der Waals surface area (Å²) in [6.45, 7) is 2.04. The lowest BCUT2D eigenvalue weighted by Crippen LogP contribution is -1.94. The monoisotopic (exact) mass is 362 g/mol. The Bertz CT molecular complexity index is 845. The molecule has 0 N–H and O–H groups in total. The zero-order valence-electron chi connectivity index (χ0n) is 11.1. The van der Waals surface area contributed by atoms with Crippen molar-refractivity contribution in [3.05, 3.63) is 68.8 Å². The molecular formula is C15H11BrN2O2S. The minimum atomic E-state index is -0.356. The fraction of sp³-hybridized carbons (Fsp3) is 0.0667. The Labute approximate surface area is 134 Å². The first-order valence-electron chi connectivity index (χ1n) is 6.26. The highest BCUT2D eigenvalue weighted by atomic mass is 79.9. The number of halogens is 1. The molecule has 1 heterocycles. The van der Waals surface area contributed by atoms with Gasteiger partial charge in [0.15, 0.2) is 0 Å². The number of benzene rings is 2. The second-order valence-electron chi connectivity index (χ2n) is 4.59. The number of hydrogen-bond donors (Lipinski definition) is 0. The Morgan fingerprint density at radius 1 is 1.19 bits per heavy atom. The maximum absolute atomic E-state index is 11.3. The number of para-hydroxylation sites is 2. The van der Waals surface area contributed by atoms with Crippen LogP contribution in [0.1, 0.15) is 5.56 Å². The summed E-state index contributed by atoms with van der Waals surface area (Å²) in [6.07, 6.45) is 2.00. The molecule has 4 nitrogen and oxygen atoms in total. The molecule has 0 unspecified atom stereocenters. The third-order valence-corrected chi connectivity index (χ3v) is 4.87. The van der Waals surface area contributed by atoms with E-state index < -0.39 is 0 Å². The topological polar surface area (TPSA) is 48.1 Å². The van der Waals surface area contributed by atoms with Crippen LogP contribution in [0.3, 0.4) is 0 Å². The van der Waals surface area contributed by atoms with Crippen LogP contribution < -0.4 is 0 Å². The van der Waals surface area contributed by atoms with Crippen LogP contribution in [0.15, 0.2) is 58.0 Å². The van der Waals surface area contributed by atoms with Gasteiger partial charge in [0.05, 0.1) is 14.9 Å². The first-order valence-corrected chi connectivity index (χ1v) is 7.82. The Hall–Kier alpha value is -1.79. The molecule has 0 bridgehead atoms. The number of hydrogen-bond acceptors (Lipinski definition) is 3. The predicted octanol–water partition coefficient (Wildman–Crippen LogP) is 5.18. The van der Waals surface area contributed by atoms with E-state index in [4.69, 9.17) is 0 Å². The predicted molar refractivity (Wildman–Crippen MR) is 88.7 cm³/mol. The van der Waals surface area contributed by atoms with E-state index in [9.17, 15) is 10.1 Å². The summed E-state index contributed by atoms with van der Waals surface area (Å²) in [6, 6.07) is 13.3. The van der Waals surface area contributed by atoms with Crippen molar-refractivity contribution < 1.29 is 4.92 Å². The summed E-state index contributed by atoms with van der Waals surface area (Å²) >= 11 is 4.60. The van der Waals surface area contributed by atoms with E-state index in [1.807, 2.05) is 35.3 Å². The standard InChI is InChI=1S/C15H11BrN2O2S/c1-10-9-17(13-7-3-2-5-11(10)13)21-14-8-4-6-12(16)15(14)18(19)20/h2-9H,1H3. The molecule has 0 aliphatic rings. The summed E-state index contributed by atoms with van der Waals surface area (Å²) in [7, 11) is 0. The highest BCUT2D eigenvalue weighted by molar-refractivity contribution is 9.10. The van der Waals surface area contributed by atoms with Crippen LogP contribution in [0, 0.1) is 17.0 Å². The molecule has 0 spiro atoms. The van der Waals surface area contributed by atoms with E-state index >= 15 is 0 Å². The van der Waals surface area contributed by atoms with E-state index in [0.717, 1.165) is 16.5 Å². The molecule has 1 aromatic heterocycles. The molecule has 3 rings (SSSR count). The molecule has 0 aliphatic carbocycles. The van der Waals surface area contributed by atoms with Crippen molar-refractivity contribution in [2.24, 2.45) is 0 Å².